The number of nitrogens with zero attached hydrogens (tertiary/aromatic N) is 2. The molecule has 8 nitrogen and oxygen atoms in total. The minimum atomic E-state index is -0.624. The van der Waals surface area contributed by atoms with Crippen LogP contribution in [0.5, 0.6) is 11.5 Å². The van der Waals surface area contributed by atoms with Crippen molar-refractivity contribution in [2.24, 2.45) is 0 Å². The molecule has 1 aliphatic heterocycles. The second-order valence-corrected chi connectivity index (χ2v) is 7.08. The molecule has 0 unspecified atom stereocenters. The van der Waals surface area contributed by atoms with E-state index >= 15 is 0 Å². The third-order valence-electron chi connectivity index (χ3n) is 3.63. The Kier molecular flexibility index (Phi) is 5.47. The largest absolute Gasteiger partial charge is 0.870 e. The Morgan fingerprint density at radius 2 is 2.22 bits per heavy atom. The quantitative estimate of drug-likeness (QED) is 0.312. The van der Waals surface area contributed by atoms with Crippen molar-refractivity contribution in [3.63, 3.8) is 0 Å². The van der Waals surface area contributed by atoms with Gasteiger partial charge in [0.2, 0.25) is 0 Å². The van der Waals surface area contributed by atoms with Crippen LogP contribution in [0.3, 0.4) is 0 Å². The van der Waals surface area contributed by atoms with E-state index in [1.165, 1.54) is 17.2 Å². The first-order valence-electron chi connectivity index (χ1n) is 7.80. The molecule has 140 valence electrons. The van der Waals surface area contributed by atoms with Gasteiger partial charge in [-0.2, -0.15) is 0 Å². The SMILES string of the molecule is CCOc1cc([N+](=O)[O-])cc(/C=C2\SC(=S)N(Cc3ccco3)C2=O)c1[O-]. The first kappa shape index (κ1) is 18.9. The molecule has 2 aromatic rings. The fourth-order valence-corrected chi connectivity index (χ4v) is 3.67. The van der Waals surface area contributed by atoms with Crippen LogP contribution >= 0.6 is 24.0 Å². The summed E-state index contributed by atoms with van der Waals surface area (Å²) in [6.45, 7) is 2.01. The third kappa shape index (κ3) is 3.96. The van der Waals surface area contributed by atoms with Crippen LogP contribution in [0.4, 0.5) is 5.69 Å². The monoisotopic (exact) mass is 405 g/mol. The van der Waals surface area contributed by atoms with Crippen molar-refractivity contribution in [3.8, 4) is 11.5 Å². The van der Waals surface area contributed by atoms with Gasteiger partial charge in [-0.3, -0.25) is 19.8 Å². The van der Waals surface area contributed by atoms with Gasteiger partial charge in [0.05, 0.1) is 35.3 Å². The first-order chi connectivity index (χ1) is 12.9. The molecule has 2 heterocycles. The maximum atomic E-state index is 12.6. The molecule has 1 aromatic carbocycles. The second kappa shape index (κ2) is 7.80. The number of carbonyl (C=O) groups excluding carboxylic acids is 1. The van der Waals surface area contributed by atoms with Gasteiger partial charge in [-0.05, 0) is 30.7 Å². The minimum absolute atomic E-state index is 0.00820. The van der Waals surface area contributed by atoms with Gasteiger partial charge in [0.15, 0.2) is 0 Å². The van der Waals surface area contributed by atoms with Crippen LogP contribution in [0.25, 0.3) is 6.08 Å². The minimum Gasteiger partial charge on any atom is -0.870 e. The summed E-state index contributed by atoms with van der Waals surface area (Å²) in [7, 11) is 0. The molecule has 1 saturated heterocycles. The summed E-state index contributed by atoms with van der Waals surface area (Å²) in [5.41, 5.74) is -0.304. The zero-order chi connectivity index (χ0) is 19.6. The van der Waals surface area contributed by atoms with Crippen molar-refractivity contribution in [2.75, 3.05) is 6.61 Å². The van der Waals surface area contributed by atoms with Gasteiger partial charge in [-0.15, -0.1) is 0 Å². The topological polar surface area (TPSA) is 109 Å². The van der Waals surface area contributed by atoms with Crippen LogP contribution in [0.15, 0.2) is 39.9 Å². The number of furan rings is 1. The highest BCUT2D eigenvalue weighted by Gasteiger charge is 2.32. The van der Waals surface area contributed by atoms with Crippen LogP contribution in [-0.2, 0) is 11.3 Å². The molecule has 0 spiro atoms. The van der Waals surface area contributed by atoms with E-state index in [0.717, 1.165) is 23.9 Å². The lowest BCUT2D eigenvalue weighted by Crippen LogP contribution is -2.27. The Balaban J connectivity index is 1.95. The zero-order valence-corrected chi connectivity index (χ0v) is 15.7. The maximum Gasteiger partial charge on any atom is 0.273 e. The molecule has 27 heavy (non-hydrogen) atoms. The lowest BCUT2D eigenvalue weighted by molar-refractivity contribution is -0.385. The van der Waals surface area contributed by atoms with E-state index in [0.29, 0.717) is 10.1 Å². The standard InChI is InChI=1S/C17H14N2O6S2/c1-2-24-13-8-11(19(22)23)6-10(15(13)20)7-14-16(21)18(17(26)27-14)9-12-4-3-5-25-12/h3-8,20H,2,9H2,1H3/p-1/b14-7-. The van der Waals surface area contributed by atoms with Crippen molar-refractivity contribution in [1.29, 1.82) is 0 Å². The van der Waals surface area contributed by atoms with Gasteiger partial charge in [-0.25, -0.2) is 0 Å². The average molecular weight is 405 g/mol. The first-order valence-corrected chi connectivity index (χ1v) is 9.03. The van der Waals surface area contributed by atoms with Crippen LogP contribution < -0.4 is 9.84 Å². The van der Waals surface area contributed by atoms with Gasteiger partial charge in [0.25, 0.3) is 11.6 Å². The Bertz CT molecular complexity index is 939. The van der Waals surface area contributed by atoms with Crippen molar-refractivity contribution in [2.45, 2.75) is 13.5 Å². The van der Waals surface area contributed by atoms with Crippen LogP contribution in [0, 0.1) is 10.1 Å². The molecule has 0 saturated carbocycles. The number of hydrogen-bond donors (Lipinski definition) is 0. The van der Waals surface area contributed by atoms with Crippen molar-refractivity contribution in [3.05, 3.63) is 56.9 Å². The number of thioether (sulfide) groups is 1. The van der Waals surface area contributed by atoms with Crippen LogP contribution in [0.1, 0.15) is 18.2 Å². The lowest BCUT2D eigenvalue weighted by atomic mass is 10.1. The molecule has 10 heteroatoms. The Morgan fingerprint density at radius 1 is 1.44 bits per heavy atom. The molecular formula is C17H13N2O6S2-. The summed E-state index contributed by atoms with van der Waals surface area (Å²) >= 11 is 6.24. The summed E-state index contributed by atoms with van der Waals surface area (Å²) in [4.78, 5) is 24.7. The van der Waals surface area contributed by atoms with Crippen LogP contribution in [0.2, 0.25) is 0 Å². The predicted molar refractivity (Wildman–Crippen MR) is 101 cm³/mol. The number of ether oxygens (including phenoxy) is 1. The van der Waals surface area contributed by atoms with E-state index in [-0.39, 0.29) is 35.1 Å². The van der Waals surface area contributed by atoms with Gasteiger partial charge >= 0.3 is 0 Å². The van der Waals surface area contributed by atoms with Gasteiger partial charge in [0.1, 0.15) is 15.8 Å². The van der Waals surface area contributed by atoms with Crippen LogP contribution in [-0.4, -0.2) is 26.7 Å². The average Bonchev–Trinajstić information content (AvgIpc) is 3.22. The Labute approximate surface area is 163 Å². The number of nitro groups is 1. The maximum absolute atomic E-state index is 12.6. The number of carbonyl (C=O) groups is 1. The Morgan fingerprint density at radius 3 is 2.85 bits per heavy atom. The number of non-ortho nitro benzene ring substituents is 1. The zero-order valence-electron chi connectivity index (χ0n) is 14.0. The van der Waals surface area contributed by atoms with Crippen molar-refractivity contribution >= 4 is 46.0 Å². The highest BCUT2D eigenvalue weighted by molar-refractivity contribution is 8.26. The number of nitro benzene ring substituents is 1. The summed E-state index contributed by atoms with van der Waals surface area (Å²) in [6.07, 6.45) is 2.80. The molecule has 3 rings (SSSR count). The van der Waals surface area contributed by atoms with E-state index in [4.69, 9.17) is 21.4 Å². The molecule has 0 bridgehead atoms. The van der Waals surface area contributed by atoms with Crippen molar-refractivity contribution in [1.82, 2.24) is 4.90 Å². The highest BCUT2D eigenvalue weighted by Crippen LogP contribution is 2.38. The molecule has 0 atom stereocenters. The molecule has 1 aromatic heterocycles. The Hall–Kier alpha value is -2.85. The summed E-state index contributed by atoms with van der Waals surface area (Å²) in [5, 5.41) is 23.6. The molecule has 0 N–H and O–H groups in total. The molecule has 1 amide bonds. The number of hydrogen-bond acceptors (Lipinski definition) is 8. The second-order valence-electron chi connectivity index (χ2n) is 5.40. The normalized spacial score (nSPS) is 15.6. The lowest BCUT2D eigenvalue weighted by Gasteiger charge is -2.17. The fraction of sp³-hybridized carbons (Fsp3) is 0.176. The fourth-order valence-electron chi connectivity index (χ4n) is 2.42. The molecular weight excluding hydrogens is 392 g/mol. The summed E-state index contributed by atoms with van der Waals surface area (Å²) in [6, 6.07) is 5.60. The van der Waals surface area contributed by atoms with E-state index in [2.05, 4.69) is 0 Å². The smallest absolute Gasteiger partial charge is 0.273 e. The highest BCUT2D eigenvalue weighted by atomic mass is 32.2. The molecule has 0 aliphatic carbocycles. The molecule has 0 radical (unpaired) electrons. The van der Waals surface area contributed by atoms with E-state index in [1.54, 1.807) is 19.1 Å². The van der Waals surface area contributed by atoms with E-state index < -0.39 is 16.6 Å². The predicted octanol–water partition coefficient (Wildman–Crippen LogP) is 3.06. The third-order valence-corrected chi connectivity index (χ3v) is 5.01. The number of thiocarbonyl (C=S) groups is 1. The van der Waals surface area contributed by atoms with Gasteiger partial charge < -0.3 is 14.3 Å². The summed E-state index contributed by atoms with van der Waals surface area (Å²) in [5.74, 6) is -0.501. The van der Waals surface area contributed by atoms with E-state index in [9.17, 15) is 20.0 Å². The summed E-state index contributed by atoms with van der Waals surface area (Å²) < 4.78 is 10.7. The number of benzene rings is 1. The van der Waals surface area contributed by atoms with Crippen molar-refractivity contribution < 1.29 is 24.0 Å². The van der Waals surface area contributed by atoms with Gasteiger partial charge in [-0.1, -0.05) is 29.7 Å². The van der Waals surface area contributed by atoms with Gasteiger partial charge in [0, 0.05) is 6.07 Å². The molecule has 1 aliphatic rings. The number of rotatable bonds is 6. The number of amides is 1. The van der Waals surface area contributed by atoms with E-state index in [1.807, 2.05) is 0 Å². The molecule has 1 fully saturated rings.